The van der Waals surface area contributed by atoms with Crippen LogP contribution in [0.4, 0.5) is 13.2 Å². The van der Waals surface area contributed by atoms with Crippen LogP contribution in [-0.4, -0.2) is 48.3 Å². The number of carboxylic acids is 1. The first-order valence-corrected chi connectivity index (χ1v) is 9.68. The molecule has 0 aliphatic carbocycles. The van der Waals surface area contributed by atoms with Crippen molar-refractivity contribution in [3.8, 4) is 5.75 Å². The first-order valence-electron chi connectivity index (χ1n) is 9.68. The van der Waals surface area contributed by atoms with Crippen molar-refractivity contribution in [2.45, 2.75) is 31.7 Å². The number of hydrogen-bond donors (Lipinski definition) is 1. The Bertz CT molecular complexity index is 837. The van der Waals surface area contributed by atoms with Gasteiger partial charge in [0, 0.05) is 19.1 Å². The van der Waals surface area contributed by atoms with Gasteiger partial charge in [-0.15, -0.1) is 0 Å². The van der Waals surface area contributed by atoms with E-state index in [2.05, 4.69) is 11.8 Å². The Morgan fingerprint density at radius 3 is 2.47 bits per heavy atom. The van der Waals surface area contributed by atoms with Crippen molar-refractivity contribution in [1.82, 2.24) is 4.90 Å². The number of carbonyl (C=O) groups is 1. The molecule has 1 aliphatic heterocycles. The van der Waals surface area contributed by atoms with Crippen LogP contribution < -0.4 is 4.74 Å². The van der Waals surface area contributed by atoms with Gasteiger partial charge in [-0.25, -0.2) is 4.79 Å². The minimum absolute atomic E-state index is 0.205. The summed E-state index contributed by atoms with van der Waals surface area (Å²) < 4.78 is 49.2. The third-order valence-electron chi connectivity index (χ3n) is 5.15. The number of ether oxygens (including phenoxy) is 2. The first-order chi connectivity index (χ1) is 14.2. The molecule has 0 amide bonds. The van der Waals surface area contributed by atoms with E-state index in [1.54, 1.807) is 12.1 Å². The van der Waals surface area contributed by atoms with Crippen molar-refractivity contribution in [3.05, 3.63) is 65.2 Å². The molecule has 0 saturated carbocycles. The second kappa shape index (κ2) is 9.49. The van der Waals surface area contributed by atoms with Crippen LogP contribution in [-0.2, 0) is 22.1 Å². The van der Waals surface area contributed by atoms with Gasteiger partial charge in [0.25, 0.3) is 0 Å². The molecule has 1 aliphatic rings. The topological polar surface area (TPSA) is 59.0 Å². The van der Waals surface area contributed by atoms with Gasteiger partial charge in [0.15, 0.2) is 6.61 Å². The molecule has 2 aromatic carbocycles. The summed E-state index contributed by atoms with van der Waals surface area (Å²) in [5.41, 5.74) is 1.16. The van der Waals surface area contributed by atoms with Crippen molar-refractivity contribution in [2.24, 2.45) is 0 Å². The largest absolute Gasteiger partial charge is 0.482 e. The number of benzene rings is 2. The smallest absolute Gasteiger partial charge is 0.416 e. The van der Waals surface area contributed by atoms with Crippen molar-refractivity contribution in [2.75, 3.05) is 26.3 Å². The number of halogens is 3. The molecule has 162 valence electrons. The summed E-state index contributed by atoms with van der Waals surface area (Å²) in [7, 11) is 0. The summed E-state index contributed by atoms with van der Waals surface area (Å²) in [4.78, 5) is 12.8. The molecule has 0 radical (unpaired) electrons. The molecule has 0 bridgehead atoms. The summed E-state index contributed by atoms with van der Waals surface area (Å²) in [5.74, 6) is -0.523. The van der Waals surface area contributed by atoms with Gasteiger partial charge in [0.1, 0.15) is 5.75 Å². The van der Waals surface area contributed by atoms with E-state index in [4.69, 9.17) is 14.6 Å². The standard InChI is InChI=1S/C22H24F3NO4/c1-15(12-16-2-8-19(9-3-16)30-14-21(27)28)26-10-11-29-20(13-26)17-4-6-18(7-5-17)22(23,24)25/h2-9,15,20H,10-14H2,1H3,(H,27,28). The monoisotopic (exact) mass is 423 g/mol. The molecule has 0 aromatic heterocycles. The average molecular weight is 423 g/mol. The number of aliphatic carboxylic acids is 1. The fraction of sp³-hybridized carbons (Fsp3) is 0.409. The highest BCUT2D eigenvalue weighted by atomic mass is 19.4. The third-order valence-corrected chi connectivity index (χ3v) is 5.15. The molecule has 1 heterocycles. The lowest BCUT2D eigenvalue weighted by Gasteiger charge is -2.37. The van der Waals surface area contributed by atoms with Crippen LogP contribution in [0, 0.1) is 0 Å². The second-order valence-corrected chi connectivity index (χ2v) is 7.35. The van der Waals surface area contributed by atoms with Crippen LogP contribution in [0.25, 0.3) is 0 Å². The Morgan fingerprint density at radius 2 is 1.87 bits per heavy atom. The number of nitrogens with zero attached hydrogens (tertiary/aromatic N) is 1. The number of rotatable bonds is 7. The zero-order valence-corrected chi connectivity index (χ0v) is 16.6. The Labute approximate surface area is 173 Å². The average Bonchev–Trinajstić information content (AvgIpc) is 2.73. The highest BCUT2D eigenvalue weighted by Gasteiger charge is 2.31. The lowest BCUT2D eigenvalue weighted by atomic mass is 10.0. The van der Waals surface area contributed by atoms with Crippen LogP contribution in [0.3, 0.4) is 0 Å². The molecule has 3 rings (SSSR count). The maximum Gasteiger partial charge on any atom is 0.416 e. The van der Waals surface area contributed by atoms with Gasteiger partial charge in [-0.3, -0.25) is 4.90 Å². The van der Waals surface area contributed by atoms with Crippen LogP contribution in [0.5, 0.6) is 5.75 Å². The molecule has 2 aromatic rings. The van der Waals surface area contributed by atoms with Crippen LogP contribution in [0.1, 0.15) is 29.7 Å². The summed E-state index contributed by atoms with van der Waals surface area (Å²) in [6.07, 6.45) is -3.84. The summed E-state index contributed by atoms with van der Waals surface area (Å²) >= 11 is 0. The van der Waals surface area contributed by atoms with Crippen LogP contribution >= 0.6 is 0 Å². The van der Waals surface area contributed by atoms with Crippen LogP contribution in [0.2, 0.25) is 0 Å². The van der Waals surface area contributed by atoms with E-state index in [0.29, 0.717) is 18.9 Å². The maximum absolute atomic E-state index is 12.8. The minimum Gasteiger partial charge on any atom is -0.482 e. The fourth-order valence-corrected chi connectivity index (χ4v) is 3.49. The van der Waals surface area contributed by atoms with Crippen molar-refractivity contribution in [3.63, 3.8) is 0 Å². The Hall–Kier alpha value is -2.58. The molecule has 0 spiro atoms. The highest BCUT2D eigenvalue weighted by Crippen LogP contribution is 2.31. The zero-order chi connectivity index (χ0) is 21.7. The quantitative estimate of drug-likeness (QED) is 0.724. The predicted molar refractivity (Wildman–Crippen MR) is 104 cm³/mol. The van der Waals surface area contributed by atoms with Gasteiger partial charge in [0.05, 0.1) is 18.3 Å². The first kappa shape index (κ1) is 22.1. The SMILES string of the molecule is CC(Cc1ccc(OCC(=O)O)cc1)N1CCOC(c2ccc(C(F)(F)F)cc2)C1. The summed E-state index contributed by atoms with van der Waals surface area (Å²) in [6, 6.07) is 12.7. The highest BCUT2D eigenvalue weighted by molar-refractivity contribution is 5.68. The molecule has 2 atom stereocenters. The van der Waals surface area contributed by atoms with E-state index in [1.165, 1.54) is 12.1 Å². The van der Waals surface area contributed by atoms with Gasteiger partial charge in [-0.1, -0.05) is 24.3 Å². The molecule has 1 saturated heterocycles. The molecule has 1 fully saturated rings. The summed E-state index contributed by atoms with van der Waals surface area (Å²) in [5, 5.41) is 8.65. The number of alkyl halides is 3. The lowest BCUT2D eigenvalue weighted by Crippen LogP contribution is -2.44. The van der Waals surface area contributed by atoms with E-state index in [-0.39, 0.29) is 18.8 Å². The fourth-order valence-electron chi connectivity index (χ4n) is 3.49. The molecule has 2 unspecified atom stereocenters. The van der Waals surface area contributed by atoms with E-state index < -0.39 is 17.7 Å². The number of hydrogen-bond acceptors (Lipinski definition) is 4. The van der Waals surface area contributed by atoms with E-state index in [9.17, 15) is 18.0 Å². The lowest BCUT2D eigenvalue weighted by molar-refractivity contribution is -0.139. The van der Waals surface area contributed by atoms with Gasteiger partial charge in [0.2, 0.25) is 0 Å². The van der Waals surface area contributed by atoms with E-state index in [0.717, 1.165) is 36.2 Å². The minimum atomic E-state index is -4.35. The zero-order valence-electron chi connectivity index (χ0n) is 16.6. The van der Waals surface area contributed by atoms with E-state index >= 15 is 0 Å². The van der Waals surface area contributed by atoms with Gasteiger partial charge >= 0.3 is 12.1 Å². The molecule has 1 N–H and O–H groups in total. The summed E-state index contributed by atoms with van der Waals surface area (Å²) in [6.45, 7) is 3.58. The Balaban J connectivity index is 1.57. The van der Waals surface area contributed by atoms with Crippen molar-refractivity contribution in [1.29, 1.82) is 0 Å². The molecule has 8 heteroatoms. The van der Waals surface area contributed by atoms with Gasteiger partial charge in [-0.05, 0) is 48.7 Å². The molecule has 30 heavy (non-hydrogen) atoms. The van der Waals surface area contributed by atoms with Gasteiger partial charge in [-0.2, -0.15) is 13.2 Å². The van der Waals surface area contributed by atoms with Crippen molar-refractivity contribution < 1.29 is 32.5 Å². The predicted octanol–water partition coefficient (Wildman–Crippen LogP) is 4.17. The second-order valence-electron chi connectivity index (χ2n) is 7.35. The maximum atomic E-state index is 12.8. The molecule has 5 nitrogen and oxygen atoms in total. The van der Waals surface area contributed by atoms with Crippen LogP contribution in [0.15, 0.2) is 48.5 Å². The third kappa shape index (κ3) is 5.96. The molecular weight excluding hydrogens is 399 g/mol. The normalized spacial score (nSPS) is 18.7. The van der Waals surface area contributed by atoms with Gasteiger partial charge < -0.3 is 14.6 Å². The number of carboxylic acid groups (broad SMARTS) is 1. The molecular formula is C22H24F3NO4. The Morgan fingerprint density at radius 1 is 1.20 bits per heavy atom. The Kier molecular flexibility index (Phi) is 6.99. The van der Waals surface area contributed by atoms with E-state index in [1.807, 2.05) is 12.1 Å². The van der Waals surface area contributed by atoms with Crippen molar-refractivity contribution >= 4 is 5.97 Å². The number of morpholine rings is 1.